The van der Waals surface area contributed by atoms with Crippen LogP contribution in [-0.2, 0) is 9.59 Å². The Bertz CT molecular complexity index is 788. The van der Waals surface area contributed by atoms with Crippen molar-refractivity contribution in [2.24, 2.45) is 0 Å². The van der Waals surface area contributed by atoms with Gasteiger partial charge in [-0.1, -0.05) is 37.3 Å². The van der Waals surface area contributed by atoms with E-state index in [-0.39, 0.29) is 5.91 Å². The molecule has 2 amide bonds. The van der Waals surface area contributed by atoms with Crippen molar-refractivity contribution in [3.05, 3.63) is 65.7 Å². The molecule has 0 spiro atoms. The molecule has 0 heterocycles. The van der Waals surface area contributed by atoms with Crippen LogP contribution < -0.4 is 10.6 Å². The van der Waals surface area contributed by atoms with E-state index < -0.39 is 17.9 Å². The molecule has 0 fully saturated rings. The first-order chi connectivity index (χ1) is 12.9. The molecule has 0 saturated carbocycles. The molecule has 6 heteroatoms. The molecule has 0 aliphatic carbocycles. The zero-order chi connectivity index (χ0) is 19.8. The second-order valence-corrected chi connectivity index (χ2v) is 6.51. The summed E-state index contributed by atoms with van der Waals surface area (Å²) in [5.41, 5.74) is 2.13. The Morgan fingerprint density at radius 3 is 2.19 bits per heavy atom. The molecule has 2 aromatic rings. The number of rotatable bonds is 8. The number of amides is 2. The lowest BCUT2D eigenvalue weighted by Crippen LogP contribution is -2.38. The van der Waals surface area contributed by atoms with Crippen molar-refractivity contribution in [2.45, 2.75) is 38.6 Å². The van der Waals surface area contributed by atoms with Gasteiger partial charge in [-0.05, 0) is 49.1 Å². The van der Waals surface area contributed by atoms with Gasteiger partial charge in [-0.25, -0.2) is 0 Å². The van der Waals surface area contributed by atoms with Crippen molar-refractivity contribution in [3.63, 3.8) is 0 Å². The number of anilines is 1. The molecule has 0 aliphatic heterocycles. The Hall–Kier alpha value is -3.15. The molecule has 0 aliphatic rings. The Morgan fingerprint density at radius 1 is 0.963 bits per heavy atom. The summed E-state index contributed by atoms with van der Waals surface area (Å²) in [6, 6.07) is 15.4. The van der Waals surface area contributed by atoms with Crippen LogP contribution in [0.1, 0.15) is 48.5 Å². The first kappa shape index (κ1) is 20.2. The van der Waals surface area contributed by atoms with Gasteiger partial charge in [-0.2, -0.15) is 0 Å². The number of carboxylic acids is 1. The zero-order valence-corrected chi connectivity index (χ0v) is 15.4. The molecule has 0 aromatic heterocycles. The van der Waals surface area contributed by atoms with Crippen molar-refractivity contribution in [2.75, 3.05) is 5.32 Å². The summed E-state index contributed by atoms with van der Waals surface area (Å²) in [6.07, 6.45) is 1.14. The average Bonchev–Trinajstić information content (AvgIpc) is 2.67. The Labute approximate surface area is 158 Å². The van der Waals surface area contributed by atoms with Crippen molar-refractivity contribution >= 4 is 23.5 Å². The molecular formula is C21H24N2O4. The van der Waals surface area contributed by atoms with E-state index in [4.69, 9.17) is 5.11 Å². The predicted octanol–water partition coefficient (Wildman–Crippen LogP) is 3.41. The minimum atomic E-state index is -1.10. The van der Waals surface area contributed by atoms with E-state index in [0.29, 0.717) is 23.6 Å². The number of carbonyl (C=O) groups is 3. The fraction of sp³-hybridized carbons (Fsp3) is 0.286. The van der Waals surface area contributed by atoms with Crippen molar-refractivity contribution in [3.8, 4) is 0 Å². The maximum absolute atomic E-state index is 12.1. The van der Waals surface area contributed by atoms with Crippen molar-refractivity contribution in [1.29, 1.82) is 0 Å². The Balaban J connectivity index is 1.84. The predicted molar refractivity (Wildman–Crippen MR) is 104 cm³/mol. The van der Waals surface area contributed by atoms with Gasteiger partial charge in [0.15, 0.2) is 0 Å². The van der Waals surface area contributed by atoms with Crippen LogP contribution in [0.15, 0.2) is 54.6 Å². The number of hydrogen-bond acceptors (Lipinski definition) is 3. The molecule has 0 saturated heterocycles. The number of hydrogen-bond donors (Lipinski definition) is 3. The normalized spacial score (nSPS) is 12.7. The van der Waals surface area contributed by atoms with E-state index in [2.05, 4.69) is 29.7 Å². The van der Waals surface area contributed by atoms with Crippen LogP contribution in [0.5, 0.6) is 0 Å². The Kier molecular flexibility index (Phi) is 7.11. The highest BCUT2D eigenvalue weighted by Crippen LogP contribution is 2.20. The van der Waals surface area contributed by atoms with E-state index in [9.17, 15) is 14.4 Å². The standard InChI is InChI=1S/C21H24N2O4/c1-14(16-6-4-3-5-7-16)8-13-19(24)23-18-11-9-17(10-12-18)20(25)22-15(2)21(26)27/h3-7,9-12,14-15H,8,13H2,1-2H3,(H,22,25)(H,23,24)(H,26,27). The van der Waals surface area contributed by atoms with E-state index in [1.807, 2.05) is 18.2 Å². The zero-order valence-electron chi connectivity index (χ0n) is 15.4. The van der Waals surface area contributed by atoms with E-state index >= 15 is 0 Å². The lowest BCUT2D eigenvalue weighted by atomic mass is 9.96. The summed E-state index contributed by atoms with van der Waals surface area (Å²) in [6.45, 7) is 3.49. The number of benzene rings is 2. The summed E-state index contributed by atoms with van der Waals surface area (Å²) in [5.74, 6) is -1.37. The average molecular weight is 368 g/mol. The van der Waals surface area contributed by atoms with Crippen LogP contribution in [0.25, 0.3) is 0 Å². The third-order valence-corrected chi connectivity index (χ3v) is 4.32. The van der Waals surface area contributed by atoms with E-state index in [1.165, 1.54) is 12.5 Å². The molecule has 6 nitrogen and oxygen atoms in total. The van der Waals surface area contributed by atoms with Crippen LogP contribution in [0, 0.1) is 0 Å². The summed E-state index contributed by atoms with van der Waals surface area (Å²) in [5, 5.41) is 14.0. The van der Waals surface area contributed by atoms with Gasteiger partial charge in [0.2, 0.25) is 5.91 Å². The van der Waals surface area contributed by atoms with Gasteiger partial charge >= 0.3 is 5.97 Å². The van der Waals surface area contributed by atoms with Gasteiger partial charge in [-0.15, -0.1) is 0 Å². The lowest BCUT2D eigenvalue weighted by molar-refractivity contribution is -0.138. The minimum Gasteiger partial charge on any atom is -0.480 e. The second kappa shape index (κ2) is 9.52. The molecule has 0 radical (unpaired) electrons. The van der Waals surface area contributed by atoms with Crippen LogP contribution >= 0.6 is 0 Å². The third kappa shape index (κ3) is 6.26. The smallest absolute Gasteiger partial charge is 0.325 e. The quantitative estimate of drug-likeness (QED) is 0.665. The Morgan fingerprint density at radius 2 is 1.59 bits per heavy atom. The lowest BCUT2D eigenvalue weighted by Gasteiger charge is -2.12. The summed E-state index contributed by atoms with van der Waals surface area (Å²) < 4.78 is 0. The van der Waals surface area contributed by atoms with Gasteiger partial charge in [0.25, 0.3) is 5.91 Å². The topological polar surface area (TPSA) is 95.5 Å². The minimum absolute atomic E-state index is 0.0884. The number of nitrogens with one attached hydrogen (secondary N) is 2. The van der Waals surface area contributed by atoms with Gasteiger partial charge in [0.1, 0.15) is 6.04 Å². The third-order valence-electron chi connectivity index (χ3n) is 4.32. The molecule has 142 valence electrons. The summed E-state index contributed by atoms with van der Waals surface area (Å²) in [7, 11) is 0. The summed E-state index contributed by atoms with van der Waals surface area (Å²) in [4.78, 5) is 34.9. The van der Waals surface area contributed by atoms with Gasteiger partial charge in [0, 0.05) is 17.7 Å². The van der Waals surface area contributed by atoms with Crippen molar-refractivity contribution in [1.82, 2.24) is 5.32 Å². The van der Waals surface area contributed by atoms with Gasteiger partial charge < -0.3 is 15.7 Å². The van der Waals surface area contributed by atoms with Crippen LogP contribution in [0.3, 0.4) is 0 Å². The molecule has 3 N–H and O–H groups in total. The van der Waals surface area contributed by atoms with Crippen LogP contribution in [0.4, 0.5) is 5.69 Å². The molecular weight excluding hydrogens is 344 g/mol. The first-order valence-corrected chi connectivity index (χ1v) is 8.85. The molecule has 0 bridgehead atoms. The molecule has 2 atom stereocenters. The fourth-order valence-corrected chi connectivity index (χ4v) is 2.57. The van der Waals surface area contributed by atoms with Crippen LogP contribution in [0.2, 0.25) is 0 Å². The van der Waals surface area contributed by atoms with Crippen LogP contribution in [-0.4, -0.2) is 28.9 Å². The largest absolute Gasteiger partial charge is 0.480 e. The highest BCUT2D eigenvalue weighted by molar-refractivity contribution is 5.97. The molecule has 2 unspecified atom stereocenters. The van der Waals surface area contributed by atoms with Crippen molar-refractivity contribution < 1.29 is 19.5 Å². The number of aliphatic carboxylic acids is 1. The molecule has 2 rings (SSSR count). The maximum Gasteiger partial charge on any atom is 0.325 e. The number of carbonyl (C=O) groups excluding carboxylic acids is 2. The van der Waals surface area contributed by atoms with Gasteiger partial charge in [0.05, 0.1) is 0 Å². The van der Waals surface area contributed by atoms with E-state index in [1.54, 1.807) is 24.3 Å². The fourth-order valence-electron chi connectivity index (χ4n) is 2.57. The summed E-state index contributed by atoms with van der Waals surface area (Å²) >= 11 is 0. The highest BCUT2D eigenvalue weighted by atomic mass is 16.4. The van der Waals surface area contributed by atoms with Gasteiger partial charge in [-0.3, -0.25) is 14.4 Å². The maximum atomic E-state index is 12.1. The SMILES string of the molecule is CC(NC(=O)c1ccc(NC(=O)CCC(C)c2ccccc2)cc1)C(=O)O. The monoisotopic (exact) mass is 368 g/mol. The number of carboxylic acid groups (broad SMARTS) is 1. The first-order valence-electron chi connectivity index (χ1n) is 8.85. The highest BCUT2D eigenvalue weighted by Gasteiger charge is 2.15. The molecule has 2 aromatic carbocycles. The molecule has 27 heavy (non-hydrogen) atoms. The second-order valence-electron chi connectivity index (χ2n) is 6.51. The van der Waals surface area contributed by atoms with E-state index in [0.717, 1.165) is 6.42 Å².